The maximum Gasteiger partial charge on any atom is 0.251 e. The molecule has 4 N–H and O–H groups in total. The van der Waals surface area contributed by atoms with Crippen LogP contribution in [0.3, 0.4) is 0 Å². The quantitative estimate of drug-likeness (QED) is 0.402. The van der Waals surface area contributed by atoms with Gasteiger partial charge in [0, 0.05) is 41.2 Å². The van der Waals surface area contributed by atoms with Gasteiger partial charge in [0.05, 0.1) is 6.54 Å². The molecule has 3 aromatic carbocycles. The molecule has 0 spiro atoms. The van der Waals surface area contributed by atoms with Crippen LogP contribution in [0.4, 0.5) is 15.8 Å². The zero-order chi connectivity index (χ0) is 23.6. The highest BCUT2D eigenvalue weighted by Crippen LogP contribution is 2.13. The van der Waals surface area contributed by atoms with Crippen molar-refractivity contribution in [1.82, 2.24) is 10.6 Å². The van der Waals surface area contributed by atoms with Crippen molar-refractivity contribution in [2.75, 3.05) is 23.7 Å². The third kappa shape index (κ3) is 6.90. The lowest BCUT2D eigenvalue weighted by Crippen LogP contribution is -2.24. The average Bonchev–Trinajstić information content (AvgIpc) is 2.83. The number of hydrogen-bond acceptors (Lipinski definition) is 4. The van der Waals surface area contributed by atoms with Crippen LogP contribution in [0.15, 0.2) is 72.8 Å². The molecule has 3 aromatic rings. The Morgan fingerprint density at radius 1 is 0.788 bits per heavy atom. The molecule has 0 aromatic heterocycles. The first kappa shape index (κ1) is 23.5. The fourth-order valence-corrected chi connectivity index (χ4v) is 3.05. The Morgan fingerprint density at radius 3 is 2.24 bits per heavy atom. The lowest BCUT2D eigenvalue weighted by molar-refractivity contribution is -0.114. The molecule has 0 aliphatic carbocycles. The molecule has 7 nitrogen and oxygen atoms in total. The molecule has 0 aliphatic heterocycles. The maximum atomic E-state index is 13.7. The van der Waals surface area contributed by atoms with Crippen molar-refractivity contribution in [1.29, 1.82) is 0 Å². The van der Waals surface area contributed by atoms with Crippen LogP contribution in [0, 0.1) is 5.82 Å². The minimum Gasteiger partial charge on any atom is -0.376 e. The summed E-state index contributed by atoms with van der Waals surface area (Å²) < 4.78 is 13.7. The van der Waals surface area contributed by atoms with E-state index >= 15 is 0 Å². The lowest BCUT2D eigenvalue weighted by atomic mass is 10.1. The van der Waals surface area contributed by atoms with E-state index in [4.69, 9.17) is 0 Å². The SMILES string of the molecule is CCNC(=O)c1cccc(NC(=O)CNc2ccc(C(=O)NCc3ccccc3F)cc2)c1. The number of carbonyl (C=O) groups excluding carboxylic acids is 3. The Kier molecular flexibility index (Phi) is 8.13. The molecular weight excluding hydrogens is 423 g/mol. The van der Waals surface area contributed by atoms with Crippen molar-refractivity contribution in [3.8, 4) is 0 Å². The van der Waals surface area contributed by atoms with Gasteiger partial charge in [-0.25, -0.2) is 4.39 Å². The van der Waals surface area contributed by atoms with Gasteiger partial charge in [-0.05, 0) is 55.5 Å². The van der Waals surface area contributed by atoms with Gasteiger partial charge in [0.15, 0.2) is 0 Å². The number of anilines is 2. The minimum atomic E-state index is -0.369. The van der Waals surface area contributed by atoms with E-state index in [2.05, 4.69) is 21.3 Å². The van der Waals surface area contributed by atoms with E-state index in [0.717, 1.165) is 0 Å². The molecule has 33 heavy (non-hydrogen) atoms. The van der Waals surface area contributed by atoms with Crippen molar-refractivity contribution in [3.05, 3.63) is 95.3 Å². The van der Waals surface area contributed by atoms with Gasteiger partial charge in [0.1, 0.15) is 5.82 Å². The van der Waals surface area contributed by atoms with Crippen molar-refractivity contribution in [2.45, 2.75) is 13.5 Å². The van der Waals surface area contributed by atoms with E-state index in [1.807, 2.05) is 6.92 Å². The second-order valence-corrected chi connectivity index (χ2v) is 7.19. The zero-order valence-corrected chi connectivity index (χ0v) is 18.2. The van der Waals surface area contributed by atoms with E-state index in [9.17, 15) is 18.8 Å². The van der Waals surface area contributed by atoms with Crippen LogP contribution in [0.1, 0.15) is 33.2 Å². The smallest absolute Gasteiger partial charge is 0.251 e. The number of rotatable bonds is 9. The summed E-state index contributed by atoms with van der Waals surface area (Å²) >= 11 is 0. The van der Waals surface area contributed by atoms with Crippen molar-refractivity contribution in [2.24, 2.45) is 0 Å². The van der Waals surface area contributed by atoms with Crippen LogP contribution in [0.5, 0.6) is 0 Å². The summed E-state index contributed by atoms with van der Waals surface area (Å²) in [5, 5.41) is 11.1. The second kappa shape index (κ2) is 11.4. The number of hydrogen-bond donors (Lipinski definition) is 4. The Labute approximate surface area is 191 Å². The molecular formula is C25H25FN4O3. The Hall–Kier alpha value is -4.20. The first-order valence-corrected chi connectivity index (χ1v) is 10.5. The third-order valence-electron chi connectivity index (χ3n) is 4.74. The molecule has 0 aliphatic rings. The fraction of sp³-hybridized carbons (Fsp3) is 0.160. The van der Waals surface area contributed by atoms with Gasteiger partial charge in [0.25, 0.3) is 11.8 Å². The van der Waals surface area contributed by atoms with Crippen LogP contribution in [0.2, 0.25) is 0 Å². The lowest BCUT2D eigenvalue weighted by Gasteiger charge is -2.10. The largest absolute Gasteiger partial charge is 0.376 e. The predicted molar refractivity (Wildman–Crippen MR) is 126 cm³/mol. The average molecular weight is 448 g/mol. The standard InChI is InChI=1S/C25H25FN4O3/c1-2-27-25(33)18-7-5-8-21(14-18)30-23(31)16-28-20-12-10-17(11-13-20)24(32)29-15-19-6-3-4-9-22(19)26/h3-14,28H,2,15-16H2,1H3,(H,27,33)(H,29,32)(H,30,31). The molecule has 0 saturated carbocycles. The highest BCUT2D eigenvalue weighted by Gasteiger charge is 2.09. The number of benzene rings is 3. The number of carbonyl (C=O) groups is 3. The highest BCUT2D eigenvalue weighted by atomic mass is 19.1. The van der Waals surface area contributed by atoms with Crippen molar-refractivity contribution in [3.63, 3.8) is 0 Å². The van der Waals surface area contributed by atoms with Gasteiger partial charge in [-0.1, -0.05) is 24.3 Å². The fourth-order valence-electron chi connectivity index (χ4n) is 3.05. The summed E-state index contributed by atoms with van der Waals surface area (Å²) in [6.45, 7) is 2.45. The molecule has 3 rings (SSSR count). The molecule has 0 heterocycles. The molecule has 8 heteroatoms. The Morgan fingerprint density at radius 2 is 1.52 bits per heavy atom. The zero-order valence-electron chi connectivity index (χ0n) is 18.2. The topological polar surface area (TPSA) is 99.3 Å². The predicted octanol–water partition coefficient (Wildman–Crippen LogP) is 3.56. The molecule has 0 unspecified atom stereocenters. The first-order valence-electron chi connectivity index (χ1n) is 10.5. The monoisotopic (exact) mass is 448 g/mol. The van der Waals surface area contributed by atoms with Gasteiger partial charge in [0.2, 0.25) is 5.91 Å². The van der Waals surface area contributed by atoms with Crippen LogP contribution in [0.25, 0.3) is 0 Å². The van der Waals surface area contributed by atoms with E-state index in [1.165, 1.54) is 6.07 Å². The van der Waals surface area contributed by atoms with Crippen molar-refractivity contribution >= 4 is 29.1 Å². The first-order chi connectivity index (χ1) is 16.0. The van der Waals surface area contributed by atoms with E-state index in [-0.39, 0.29) is 36.6 Å². The highest BCUT2D eigenvalue weighted by molar-refractivity contribution is 5.98. The van der Waals surface area contributed by atoms with E-state index in [1.54, 1.807) is 66.7 Å². The van der Waals surface area contributed by atoms with Gasteiger partial charge in [-0.15, -0.1) is 0 Å². The summed E-state index contributed by atoms with van der Waals surface area (Å²) in [7, 11) is 0. The van der Waals surface area contributed by atoms with Gasteiger partial charge in [-0.2, -0.15) is 0 Å². The molecule has 0 radical (unpaired) electrons. The van der Waals surface area contributed by atoms with E-state index < -0.39 is 0 Å². The summed E-state index contributed by atoms with van der Waals surface area (Å²) in [4.78, 5) is 36.4. The Balaban J connectivity index is 1.48. The Bertz CT molecular complexity index is 1130. The van der Waals surface area contributed by atoms with Crippen LogP contribution in [-0.2, 0) is 11.3 Å². The van der Waals surface area contributed by atoms with Gasteiger partial charge < -0.3 is 21.3 Å². The molecule has 0 fully saturated rings. The van der Waals surface area contributed by atoms with Crippen LogP contribution in [-0.4, -0.2) is 30.8 Å². The van der Waals surface area contributed by atoms with Crippen molar-refractivity contribution < 1.29 is 18.8 Å². The van der Waals surface area contributed by atoms with Gasteiger partial charge >= 0.3 is 0 Å². The maximum absolute atomic E-state index is 13.7. The molecule has 3 amide bonds. The summed E-state index contributed by atoms with van der Waals surface area (Å²) in [6, 6.07) is 19.5. The van der Waals surface area contributed by atoms with Crippen LogP contribution < -0.4 is 21.3 Å². The number of halogens is 1. The summed E-state index contributed by atoms with van der Waals surface area (Å²) in [5.41, 5.74) is 2.47. The molecule has 170 valence electrons. The molecule has 0 bridgehead atoms. The van der Waals surface area contributed by atoms with Gasteiger partial charge in [-0.3, -0.25) is 14.4 Å². The third-order valence-corrected chi connectivity index (χ3v) is 4.74. The molecule has 0 atom stereocenters. The molecule has 0 saturated heterocycles. The van der Waals surface area contributed by atoms with Crippen LogP contribution >= 0.6 is 0 Å². The number of nitrogens with one attached hydrogen (secondary N) is 4. The summed E-state index contributed by atoms with van der Waals surface area (Å²) in [6.07, 6.45) is 0. The van der Waals surface area contributed by atoms with E-state index in [0.29, 0.717) is 34.6 Å². The summed E-state index contributed by atoms with van der Waals surface area (Å²) in [5.74, 6) is -1.18. The second-order valence-electron chi connectivity index (χ2n) is 7.19. The minimum absolute atomic E-state index is 0.00418. The normalized spacial score (nSPS) is 10.2. The number of amides is 3.